The van der Waals surface area contributed by atoms with Gasteiger partial charge in [0.1, 0.15) is 0 Å². The molecule has 3 N–H and O–H groups in total. The van der Waals surface area contributed by atoms with Crippen LogP contribution in [0.4, 0.5) is 31.8 Å². The number of alkyl halides is 2. The molecule has 2 aliphatic heterocycles. The van der Waals surface area contributed by atoms with E-state index in [2.05, 4.69) is 24.9 Å². The van der Waals surface area contributed by atoms with Gasteiger partial charge in [-0.15, -0.1) is 0 Å². The molecule has 0 atom stereocenters. The van der Waals surface area contributed by atoms with E-state index in [1.165, 1.54) is 18.9 Å². The molecule has 3 aliphatic rings. The maximum absolute atomic E-state index is 13.8. The summed E-state index contributed by atoms with van der Waals surface area (Å²) < 4.78 is 56.4. The second kappa shape index (κ2) is 10.4. The van der Waals surface area contributed by atoms with Gasteiger partial charge in [0.05, 0.1) is 35.5 Å². The number of carbonyl (C=O) groups excluding carboxylic acids is 1. The van der Waals surface area contributed by atoms with E-state index in [0.717, 1.165) is 25.9 Å². The fourth-order valence-electron chi connectivity index (χ4n) is 5.72. The standard InChI is InChI=1S/C27H33F2N7O4S/c28-27(29)7-12-35(13-8-27)24-23-30-9-14-36(23)18-22(31-24)32-25(38)20-2-1-19(33-41(39,40)16-15-37)17-21(20)34-10-5-26(3-4-26)6-11-34/h1-2,9,14,17-18,33,37H,3-8,10-13,15-16H2,(H,32,38). The first-order valence-corrected chi connectivity index (χ1v) is 15.5. The van der Waals surface area contributed by atoms with Gasteiger partial charge < -0.3 is 24.6 Å². The smallest absolute Gasteiger partial charge is 0.258 e. The molecule has 14 heteroatoms. The molecule has 4 heterocycles. The van der Waals surface area contributed by atoms with Crippen LogP contribution in [-0.4, -0.2) is 78.3 Å². The number of nitrogens with zero attached hydrogens (tertiary/aromatic N) is 5. The van der Waals surface area contributed by atoms with Crippen LogP contribution in [0.25, 0.3) is 5.65 Å². The number of aliphatic hydroxyl groups excluding tert-OH is 1. The fourth-order valence-corrected chi connectivity index (χ4v) is 6.54. The van der Waals surface area contributed by atoms with Crippen LogP contribution in [0.1, 0.15) is 48.9 Å². The number of hydrogen-bond donors (Lipinski definition) is 3. The molecule has 1 aliphatic carbocycles. The third-order valence-corrected chi connectivity index (χ3v) is 9.66. The zero-order chi connectivity index (χ0) is 28.8. The SMILES string of the molecule is O=C(Nc1cn2ccnc2c(N2CCC(F)(F)CC2)n1)c1ccc(NS(=O)(=O)CCO)cc1N1CCC2(CC1)CC2. The lowest BCUT2D eigenvalue weighted by Crippen LogP contribution is -2.40. The molecule has 1 amide bonds. The highest BCUT2D eigenvalue weighted by Crippen LogP contribution is 2.54. The summed E-state index contributed by atoms with van der Waals surface area (Å²) in [5.74, 6) is -2.92. The Morgan fingerprint density at radius 3 is 2.41 bits per heavy atom. The third kappa shape index (κ3) is 5.94. The molecule has 11 nitrogen and oxygen atoms in total. The number of aromatic nitrogens is 3. The van der Waals surface area contributed by atoms with Crippen molar-refractivity contribution in [3.05, 3.63) is 42.4 Å². The minimum atomic E-state index is -3.75. The summed E-state index contributed by atoms with van der Waals surface area (Å²) in [5.41, 5.74) is 2.17. The molecule has 3 fully saturated rings. The summed E-state index contributed by atoms with van der Waals surface area (Å²) in [6.45, 7) is 1.22. The van der Waals surface area contributed by atoms with Crippen molar-refractivity contribution in [1.29, 1.82) is 0 Å². The highest BCUT2D eigenvalue weighted by molar-refractivity contribution is 7.92. The summed E-state index contributed by atoms with van der Waals surface area (Å²) >= 11 is 0. The lowest BCUT2D eigenvalue weighted by Gasteiger charge is -2.35. The number of imidazole rings is 1. The topological polar surface area (TPSA) is 132 Å². The molecule has 2 aromatic heterocycles. The number of aliphatic hydroxyl groups is 1. The molecule has 41 heavy (non-hydrogen) atoms. The number of hydrogen-bond acceptors (Lipinski definition) is 8. The lowest BCUT2D eigenvalue weighted by molar-refractivity contribution is -0.0221. The van der Waals surface area contributed by atoms with E-state index in [0.29, 0.717) is 33.8 Å². The Labute approximate surface area is 236 Å². The number of benzene rings is 1. The van der Waals surface area contributed by atoms with Gasteiger partial charge in [0.15, 0.2) is 17.3 Å². The van der Waals surface area contributed by atoms with E-state index in [-0.39, 0.29) is 31.7 Å². The maximum Gasteiger partial charge on any atom is 0.258 e. The second-order valence-corrected chi connectivity index (χ2v) is 13.1. The molecule has 0 bridgehead atoms. The van der Waals surface area contributed by atoms with Crippen LogP contribution in [0.5, 0.6) is 0 Å². The zero-order valence-electron chi connectivity index (χ0n) is 22.5. The number of sulfonamides is 1. The Hall–Kier alpha value is -3.52. The number of carbonyl (C=O) groups is 1. The number of piperidine rings is 2. The Morgan fingerprint density at radius 1 is 1.02 bits per heavy atom. The van der Waals surface area contributed by atoms with E-state index in [1.54, 1.807) is 40.0 Å². The van der Waals surface area contributed by atoms with E-state index in [4.69, 9.17) is 5.11 Å². The van der Waals surface area contributed by atoms with Gasteiger partial charge in [0.2, 0.25) is 10.0 Å². The monoisotopic (exact) mass is 589 g/mol. The van der Waals surface area contributed by atoms with Crippen molar-refractivity contribution in [1.82, 2.24) is 14.4 Å². The van der Waals surface area contributed by atoms with Crippen molar-refractivity contribution < 1.29 is 27.1 Å². The minimum Gasteiger partial charge on any atom is -0.395 e. The van der Waals surface area contributed by atoms with Crippen molar-refractivity contribution in [2.75, 3.05) is 58.4 Å². The molecule has 3 aromatic rings. The van der Waals surface area contributed by atoms with Crippen LogP contribution in [-0.2, 0) is 10.0 Å². The van der Waals surface area contributed by atoms with Crippen molar-refractivity contribution in [2.45, 2.75) is 44.4 Å². The third-order valence-electron chi connectivity index (χ3n) is 8.39. The van der Waals surface area contributed by atoms with Crippen molar-refractivity contribution in [3.8, 4) is 0 Å². The first-order chi connectivity index (χ1) is 19.6. The Bertz CT molecular complexity index is 1550. The minimum absolute atomic E-state index is 0.119. The van der Waals surface area contributed by atoms with Gasteiger partial charge in [-0.25, -0.2) is 27.2 Å². The summed E-state index contributed by atoms with van der Waals surface area (Å²) in [4.78, 5) is 26.5. The highest BCUT2D eigenvalue weighted by Gasteiger charge is 2.44. The highest BCUT2D eigenvalue weighted by atomic mass is 32.2. The molecule has 220 valence electrons. The molecular weight excluding hydrogens is 556 g/mol. The molecule has 1 saturated carbocycles. The zero-order valence-corrected chi connectivity index (χ0v) is 23.3. The molecule has 0 radical (unpaired) electrons. The quantitative estimate of drug-likeness (QED) is 0.365. The van der Waals surface area contributed by atoms with Gasteiger partial charge in [-0.05, 0) is 49.3 Å². The Morgan fingerprint density at radius 2 is 1.73 bits per heavy atom. The Balaban J connectivity index is 1.29. The number of fused-ring (bicyclic) bond motifs is 1. The number of nitrogens with one attached hydrogen (secondary N) is 2. The molecule has 6 rings (SSSR count). The van der Waals surface area contributed by atoms with Crippen LogP contribution < -0.4 is 19.8 Å². The van der Waals surface area contributed by atoms with Gasteiger partial charge >= 0.3 is 0 Å². The van der Waals surface area contributed by atoms with E-state index in [9.17, 15) is 22.0 Å². The molecular formula is C27H33F2N7O4S. The van der Waals surface area contributed by atoms with Crippen LogP contribution in [0.3, 0.4) is 0 Å². The van der Waals surface area contributed by atoms with E-state index >= 15 is 0 Å². The van der Waals surface area contributed by atoms with Crippen LogP contribution in [0.15, 0.2) is 36.8 Å². The first-order valence-electron chi connectivity index (χ1n) is 13.8. The number of anilines is 4. The largest absolute Gasteiger partial charge is 0.395 e. The summed E-state index contributed by atoms with van der Waals surface area (Å²) in [6, 6.07) is 4.75. The normalized spacial score (nSPS) is 19.9. The summed E-state index contributed by atoms with van der Waals surface area (Å²) in [7, 11) is -3.75. The average Bonchev–Trinajstić information content (AvgIpc) is 3.50. The first kappa shape index (κ1) is 27.6. The fraction of sp³-hybridized carbons (Fsp3) is 0.519. The van der Waals surface area contributed by atoms with Crippen molar-refractivity contribution >= 4 is 44.6 Å². The lowest BCUT2D eigenvalue weighted by atomic mass is 9.93. The number of halogens is 2. The van der Waals surface area contributed by atoms with Gasteiger partial charge in [-0.2, -0.15) is 0 Å². The average molecular weight is 590 g/mol. The predicted octanol–water partition coefficient (Wildman–Crippen LogP) is 3.33. The van der Waals surface area contributed by atoms with Crippen LogP contribution in [0.2, 0.25) is 0 Å². The van der Waals surface area contributed by atoms with Gasteiger partial charge in [-0.3, -0.25) is 9.52 Å². The Kier molecular flexibility index (Phi) is 7.00. The summed E-state index contributed by atoms with van der Waals surface area (Å²) in [5, 5.41) is 12.0. The maximum atomic E-state index is 13.8. The summed E-state index contributed by atoms with van der Waals surface area (Å²) in [6.07, 6.45) is 8.79. The molecule has 1 aromatic carbocycles. The van der Waals surface area contributed by atoms with Crippen molar-refractivity contribution in [3.63, 3.8) is 0 Å². The van der Waals surface area contributed by atoms with Gasteiger partial charge in [0.25, 0.3) is 11.8 Å². The second-order valence-electron chi connectivity index (χ2n) is 11.3. The predicted molar refractivity (Wildman–Crippen MR) is 151 cm³/mol. The van der Waals surface area contributed by atoms with Gasteiger partial charge in [0, 0.05) is 51.4 Å². The van der Waals surface area contributed by atoms with Crippen molar-refractivity contribution in [2.24, 2.45) is 5.41 Å². The molecule has 0 unspecified atom stereocenters. The number of amides is 1. The number of rotatable bonds is 8. The van der Waals surface area contributed by atoms with Gasteiger partial charge in [-0.1, -0.05) is 0 Å². The molecule has 1 spiro atoms. The van der Waals surface area contributed by atoms with Crippen LogP contribution in [0, 0.1) is 5.41 Å². The van der Waals surface area contributed by atoms with E-state index < -0.39 is 34.2 Å². The van der Waals surface area contributed by atoms with E-state index in [1.807, 2.05) is 0 Å². The molecule has 2 saturated heterocycles. The van der Waals surface area contributed by atoms with Crippen LogP contribution >= 0.6 is 0 Å².